The highest BCUT2D eigenvalue weighted by Gasteiger charge is 2.06. The lowest BCUT2D eigenvalue weighted by molar-refractivity contribution is -0.116. The van der Waals surface area contributed by atoms with Crippen molar-refractivity contribution in [1.82, 2.24) is 20.1 Å². The standard InChI is InChI=1S/C13H17N5O/c1-14-7-6-12(19)16-11-5-3-4-10(8-11)13-17-15-9-18(13)2/h3-5,8-9,14H,6-7H2,1-2H3,(H,16,19). The molecule has 0 aliphatic carbocycles. The van der Waals surface area contributed by atoms with Crippen LogP contribution < -0.4 is 10.6 Å². The Morgan fingerprint density at radius 1 is 1.42 bits per heavy atom. The predicted molar refractivity (Wildman–Crippen MR) is 73.6 cm³/mol. The Hall–Kier alpha value is -2.21. The van der Waals surface area contributed by atoms with Gasteiger partial charge in [0.1, 0.15) is 6.33 Å². The molecule has 0 aliphatic heterocycles. The molecule has 0 fully saturated rings. The van der Waals surface area contributed by atoms with Gasteiger partial charge in [-0.3, -0.25) is 4.79 Å². The van der Waals surface area contributed by atoms with E-state index in [-0.39, 0.29) is 5.91 Å². The largest absolute Gasteiger partial charge is 0.326 e. The number of aryl methyl sites for hydroxylation is 1. The summed E-state index contributed by atoms with van der Waals surface area (Å²) in [6.45, 7) is 0.662. The number of hydrogen-bond acceptors (Lipinski definition) is 4. The van der Waals surface area contributed by atoms with Crippen molar-refractivity contribution in [2.75, 3.05) is 18.9 Å². The monoisotopic (exact) mass is 259 g/mol. The molecule has 0 saturated heterocycles. The summed E-state index contributed by atoms with van der Waals surface area (Å²) in [5, 5.41) is 13.7. The zero-order valence-electron chi connectivity index (χ0n) is 11.1. The molecule has 2 N–H and O–H groups in total. The quantitative estimate of drug-likeness (QED) is 0.841. The summed E-state index contributed by atoms with van der Waals surface area (Å²) >= 11 is 0. The van der Waals surface area contributed by atoms with Crippen LogP contribution in [-0.2, 0) is 11.8 Å². The van der Waals surface area contributed by atoms with E-state index in [9.17, 15) is 4.79 Å². The van der Waals surface area contributed by atoms with Crippen LogP contribution in [0.25, 0.3) is 11.4 Å². The maximum atomic E-state index is 11.7. The summed E-state index contributed by atoms with van der Waals surface area (Å²) in [6, 6.07) is 7.57. The van der Waals surface area contributed by atoms with Crippen LogP contribution in [-0.4, -0.2) is 34.3 Å². The van der Waals surface area contributed by atoms with Gasteiger partial charge in [-0.05, 0) is 19.2 Å². The number of benzene rings is 1. The number of hydrogen-bond donors (Lipinski definition) is 2. The summed E-state index contributed by atoms with van der Waals surface area (Å²) in [6.07, 6.45) is 2.10. The van der Waals surface area contributed by atoms with Gasteiger partial charge in [0.2, 0.25) is 5.91 Å². The van der Waals surface area contributed by atoms with Crippen molar-refractivity contribution in [2.24, 2.45) is 7.05 Å². The van der Waals surface area contributed by atoms with E-state index in [1.807, 2.05) is 42.9 Å². The highest BCUT2D eigenvalue weighted by atomic mass is 16.1. The maximum Gasteiger partial charge on any atom is 0.225 e. The van der Waals surface area contributed by atoms with Crippen LogP contribution in [0.1, 0.15) is 6.42 Å². The summed E-state index contributed by atoms with van der Waals surface area (Å²) < 4.78 is 1.84. The fraction of sp³-hybridized carbons (Fsp3) is 0.308. The summed E-state index contributed by atoms with van der Waals surface area (Å²) in [5.74, 6) is 0.760. The van der Waals surface area contributed by atoms with Crippen molar-refractivity contribution in [1.29, 1.82) is 0 Å². The van der Waals surface area contributed by atoms with Gasteiger partial charge in [-0.2, -0.15) is 0 Å². The van der Waals surface area contributed by atoms with E-state index in [4.69, 9.17) is 0 Å². The molecule has 0 spiro atoms. The summed E-state index contributed by atoms with van der Waals surface area (Å²) in [7, 11) is 3.70. The van der Waals surface area contributed by atoms with E-state index in [2.05, 4.69) is 20.8 Å². The minimum atomic E-state index is -0.00975. The number of aromatic nitrogens is 3. The van der Waals surface area contributed by atoms with Crippen molar-refractivity contribution in [3.8, 4) is 11.4 Å². The van der Waals surface area contributed by atoms with Gasteiger partial charge in [0.05, 0.1) is 0 Å². The van der Waals surface area contributed by atoms with E-state index < -0.39 is 0 Å². The van der Waals surface area contributed by atoms with Crippen molar-refractivity contribution >= 4 is 11.6 Å². The number of nitrogens with one attached hydrogen (secondary N) is 2. The van der Waals surface area contributed by atoms with Gasteiger partial charge in [-0.1, -0.05) is 12.1 Å². The number of amides is 1. The zero-order chi connectivity index (χ0) is 13.7. The Kier molecular flexibility index (Phi) is 4.25. The minimum absolute atomic E-state index is 0.00975. The fourth-order valence-electron chi connectivity index (χ4n) is 1.74. The highest BCUT2D eigenvalue weighted by molar-refractivity contribution is 5.91. The molecule has 1 aromatic heterocycles. The summed E-state index contributed by atoms with van der Waals surface area (Å²) in [4.78, 5) is 11.7. The zero-order valence-corrected chi connectivity index (χ0v) is 11.1. The Morgan fingerprint density at radius 2 is 2.26 bits per heavy atom. The van der Waals surface area contributed by atoms with Crippen LogP contribution in [0.5, 0.6) is 0 Å². The number of nitrogens with zero attached hydrogens (tertiary/aromatic N) is 3. The van der Waals surface area contributed by atoms with Crippen molar-refractivity contribution in [3.63, 3.8) is 0 Å². The van der Waals surface area contributed by atoms with Gasteiger partial charge in [0.25, 0.3) is 0 Å². The van der Waals surface area contributed by atoms with Crippen LogP contribution in [0, 0.1) is 0 Å². The lowest BCUT2D eigenvalue weighted by Crippen LogP contribution is -2.18. The molecular formula is C13H17N5O. The first-order valence-corrected chi connectivity index (χ1v) is 6.09. The molecule has 6 nitrogen and oxygen atoms in total. The Labute approximate surface area is 111 Å². The molecule has 1 heterocycles. The van der Waals surface area contributed by atoms with Crippen molar-refractivity contribution < 1.29 is 4.79 Å². The smallest absolute Gasteiger partial charge is 0.225 e. The van der Waals surface area contributed by atoms with E-state index in [1.54, 1.807) is 6.33 Å². The number of anilines is 1. The number of rotatable bonds is 5. The lowest BCUT2D eigenvalue weighted by atomic mass is 10.2. The minimum Gasteiger partial charge on any atom is -0.326 e. The van der Waals surface area contributed by atoms with Crippen LogP contribution in [0.15, 0.2) is 30.6 Å². The van der Waals surface area contributed by atoms with E-state index in [1.165, 1.54) is 0 Å². The molecule has 100 valence electrons. The summed E-state index contributed by atoms with van der Waals surface area (Å²) in [5.41, 5.74) is 1.69. The van der Waals surface area contributed by atoms with Gasteiger partial charge in [0.15, 0.2) is 5.82 Å². The van der Waals surface area contributed by atoms with Gasteiger partial charge in [-0.25, -0.2) is 0 Å². The molecule has 0 unspecified atom stereocenters. The second kappa shape index (κ2) is 6.10. The van der Waals surface area contributed by atoms with Crippen LogP contribution in [0.4, 0.5) is 5.69 Å². The molecule has 0 radical (unpaired) electrons. The molecule has 0 saturated carbocycles. The molecular weight excluding hydrogens is 242 g/mol. The molecule has 0 atom stereocenters. The van der Waals surface area contributed by atoms with Gasteiger partial charge < -0.3 is 15.2 Å². The average molecular weight is 259 g/mol. The molecule has 2 rings (SSSR count). The molecule has 6 heteroatoms. The lowest BCUT2D eigenvalue weighted by Gasteiger charge is -2.07. The number of carbonyl (C=O) groups excluding carboxylic acids is 1. The van der Waals surface area contributed by atoms with Crippen LogP contribution in [0.2, 0.25) is 0 Å². The molecule has 19 heavy (non-hydrogen) atoms. The first kappa shape index (κ1) is 13.2. The topological polar surface area (TPSA) is 71.8 Å². The molecule has 1 amide bonds. The third-order valence-corrected chi connectivity index (χ3v) is 2.72. The molecule has 0 bridgehead atoms. The van der Waals surface area contributed by atoms with E-state index in [0.29, 0.717) is 13.0 Å². The van der Waals surface area contributed by atoms with Gasteiger partial charge in [-0.15, -0.1) is 10.2 Å². The first-order chi connectivity index (χ1) is 9.20. The third kappa shape index (κ3) is 3.38. The highest BCUT2D eigenvalue weighted by Crippen LogP contribution is 2.20. The van der Waals surface area contributed by atoms with E-state index in [0.717, 1.165) is 17.1 Å². The fourth-order valence-corrected chi connectivity index (χ4v) is 1.74. The number of carbonyl (C=O) groups is 1. The Morgan fingerprint density at radius 3 is 2.95 bits per heavy atom. The molecule has 0 aliphatic rings. The predicted octanol–water partition coefficient (Wildman–Crippen LogP) is 1.03. The maximum absolute atomic E-state index is 11.7. The van der Waals surface area contributed by atoms with Crippen molar-refractivity contribution in [3.05, 3.63) is 30.6 Å². The molecule has 1 aromatic carbocycles. The molecule has 2 aromatic rings. The van der Waals surface area contributed by atoms with Gasteiger partial charge >= 0.3 is 0 Å². The average Bonchev–Trinajstić information content (AvgIpc) is 2.83. The SMILES string of the molecule is CNCCC(=O)Nc1cccc(-c2nncn2C)c1. The Bertz CT molecular complexity index is 564. The third-order valence-electron chi connectivity index (χ3n) is 2.72. The normalized spacial score (nSPS) is 10.4. The second-order valence-corrected chi connectivity index (χ2v) is 4.25. The first-order valence-electron chi connectivity index (χ1n) is 6.09. The van der Waals surface area contributed by atoms with Crippen LogP contribution in [0.3, 0.4) is 0 Å². The van der Waals surface area contributed by atoms with Crippen molar-refractivity contribution in [2.45, 2.75) is 6.42 Å². The Balaban J connectivity index is 2.12. The van der Waals surface area contributed by atoms with Gasteiger partial charge in [0, 0.05) is 31.3 Å². The van der Waals surface area contributed by atoms with Crippen LogP contribution >= 0.6 is 0 Å². The second-order valence-electron chi connectivity index (χ2n) is 4.25. The van der Waals surface area contributed by atoms with E-state index >= 15 is 0 Å².